The first-order chi connectivity index (χ1) is 22.1. The molecule has 3 amide bonds. The number of rotatable bonds is 3. The molecule has 11 heteroatoms. The van der Waals surface area contributed by atoms with E-state index in [2.05, 4.69) is 38.3 Å². The number of methoxy groups -OCH3 is 1. The fraction of sp³-hybridized carbons (Fsp3) is 0.543. The van der Waals surface area contributed by atoms with Crippen LogP contribution in [0.1, 0.15) is 66.9 Å². The molecule has 1 spiro atoms. The van der Waals surface area contributed by atoms with E-state index < -0.39 is 21.9 Å². The van der Waals surface area contributed by atoms with Crippen molar-refractivity contribution < 1.29 is 23.3 Å². The molecule has 0 aromatic heterocycles. The number of benzene rings is 2. The van der Waals surface area contributed by atoms with Crippen LogP contribution < -0.4 is 14.4 Å². The van der Waals surface area contributed by atoms with Gasteiger partial charge in [-0.05, 0) is 105 Å². The summed E-state index contributed by atoms with van der Waals surface area (Å²) in [5.74, 6) is 0.929. The Morgan fingerprint density at radius 1 is 1.24 bits per heavy atom. The van der Waals surface area contributed by atoms with E-state index in [-0.39, 0.29) is 17.3 Å². The number of fused-ring (bicyclic) bond motifs is 4. The summed E-state index contributed by atoms with van der Waals surface area (Å²) in [6.07, 6.45) is 10.5. The molecule has 5 atom stereocenters. The number of ether oxygens (including phenoxy) is 2. The van der Waals surface area contributed by atoms with Crippen molar-refractivity contribution in [3.63, 3.8) is 0 Å². The molecule has 1 saturated carbocycles. The van der Waals surface area contributed by atoms with Gasteiger partial charge < -0.3 is 19.3 Å². The average Bonchev–Trinajstić information content (AvgIpc) is 3.18. The summed E-state index contributed by atoms with van der Waals surface area (Å²) in [6.45, 7) is 4.30. The van der Waals surface area contributed by atoms with Crippen LogP contribution in [0.25, 0.3) is 0 Å². The van der Waals surface area contributed by atoms with Crippen LogP contribution in [0.5, 0.6) is 5.75 Å². The summed E-state index contributed by atoms with van der Waals surface area (Å²) in [5, 5.41) is 0.746. The van der Waals surface area contributed by atoms with Gasteiger partial charge in [0, 0.05) is 49.8 Å². The van der Waals surface area contributed by atoms with Gasteiger partial charge in [0.15, 0.2) is 0 Å². The Balaban J connectivity index is 1.43. The van der Waals surface area contributed by atoms with Crippen molar-refractivity contribution in [2.75, 3.05) is 51.1 Å². The molecule has 1 fully saturated rings. The molecule has 2 bridgehead atoms. The third kappa shape index (κ3) is 6.66. The zero-order valence-corrected chi connectivity index (χ0v) is 28.6. The highest BCUT2D eigenvalue weighted by Gasteiger charge is 2.44. The SMILES string of the molecule is CCN(C)C(=O)NS1(=O)=NC(=O)c2ccc3c(c2)N(C[C@@H]2CC[C@H]2[C@@H](OC)/C=C/CCC1)C[C@@]1(CCCc2cc(Cl)ccc21)CO3. The lowest BCUT2D eigenvalue weighted by atomic mass is 9.68. The fourth-order valence-corrected chi connectivity index (χ4v) is 9.27. The van der Waals surface area contributed by atoms with Gasteiger partial charge in [0.05, 0.1) is 24.2 Å². The largest absolute Gasteiger partial charge is 0.490 e. The van der Waals surface area contributed by atoms with Crippen LogP contribution >= 0.6 is 11.6 Å². The molecule has 6 rings (SSSR count). The van der Waals surface area contributed by atoms with Crippen molar-refractivity contribution in [3.8, 4) is 5.75 Å². The first kappa shape index (κ1) is 32.8. The minimum atomic E-state index is -3.38. The number of nitrogens with one attached hydrogen (secondary N) is 1. The normalized spacial score (nSPS) is 30.0. The van der Waals surface area contributed by atoms with Crippen LogP contribution in [0, 0.1) is 11.8 Å². The predicted octanol–water partition coefficient (Wildman–Crippen LogP) is 6.39. The number of halogens is 1. The van der Waals surface area contributed by atoms with Crippen molar-refractivity contribution >= 4 is 39.1 Å². The standard InChI is InChI=1S/C35H45ClN4O5S/c1-4-39(2)34(42)38-46(43)18-7-5-6-10-31(44-3)28-14-11-26(28)21-40-22-35(17-8-9-24-19-27(36)13-15-29(24)35)23-45-32-16-12-25(20-30(32)40)33(41)37-46/h6,10,12-13,15-16,19-20,26,28,31H,4-5,7-9,11,14,17-18,21-23H2,1-3H3,(H,37,38,41,42,43)/b10-6+/t26-,28+,31-,35-,46?/m0/s1. The highest BCUT2D eigenvalue weighted by molar-refractivity contribution is 7.92. The van der Waals surface area contributed by atoms with Crippen LogP contribution in [-0.2, 0) is 26.5 Å². The monoisotopic (exact) mass is 668 g/mol. The lowest BCUT2D eigenvalue weighted by molar-refractivity contribution is 0.0132. The Morgan fingerprint density at radius 2 is 2.09 bits per heavy atom. The molecule has 2 aromatic rings. The van der Waals surface area contributed by atoms with Crippen LogP contribution in [0.2, 0.25) is 5.02 Å². The van der Waals surface area contributed by atoms with Crippen molar-refractivity contribution in [2.24, 2.45) is 16.2 Å². The minimum Gasteiger partial charge on any atom is -0.490 e. The first-order valence-electron chi connectivity index (χ1n) is 16.5. The Kier molecular flexibility index (Phi) is 9.69. The zero-order chi connectivity index (χ0) is 32.5. The number of amides is 3. The third-order valence-electron chi connectivity index (χ3n) is 10.3. The molecular weight excluding hydrogens is 624 g/mol. The molecule has 1 unspecified atom stereocenters. The predicted molar refractivity (Wildman–Crippen MR) is 182 cm³/mol. The molecular formula is C35H45ClN4O5S. The summed E-state index contributed by atoms with van der Waals surface area (Å²) in [6, 6.07) is 11.1. The second-order valence-corrected chi connectivity index (χ2v) is 15.7. The summed E-state index contributed by atoms with van der Waals surface area (Å²) in [5.41, 5.74) is 3.47. The van der Waals surface area contributed by atoms with E-state index in [0.29, 0.717) is 49.1 Å². The third-order valence-corrected chi connectivity index (χ3v) is 12.4. The number of allylic oxidation sites excluding steroid dienone is 1. The maximum atomic E-state index is 14.0. The van der Waals surface area contributed by atoms with Gasteiger partial charge in [-0.3, -0.25) is 9.52 Å². The van der Waals surface area contributed by atoms with Crippen molar-refractivity contribution in [3.05, 3.63) is 70.3 Å². The second kappa shape index (κ2) is 13.6. The van der Waals surface area contributed by atoms with E-state index in [0.717, 1.165) is 55.9 Å². The maximum Gasteiger partial charge on any atom is 0.329 e. The Morgan fingerprint density at radius 3 is 2.85 bits per heavy atom. The summed E-state index contributed by atoms with van der Waals surface area (Å²) >= 11 is 6.43. The number of carbonyl (C=O) groups excluding carboxylic acids is 2. The van der Waals surface area contributed by atoms with Crippen LogP contribution in [0.15, 0.2) is 52.9 Å². The van der Waals surface area contributed by atoms with Gasteiger partial charge in [-0.25, -0.2) is 9.00 Å². The van der Waals surface area contributed by atoms with Gasteiger partial charge in [-0.15, -0.1) is 4.36 Å². The van der Waals surface area contributed by atoms with Crippen LogP contribution in [-0.4, -0.2) is 73.3 Å². The van der Waals surface area contributed by atoms with Crippen molar-refractivity contribution in [1.29, 1.82) is 0 Å². The van der Waals surface area contributed by atoms with Gasteiger partial charge in [-0.2, -0.15) is 0 Å². The number of anilines is 1. The number of hydrogen-bond acceptors (Lipinski definition) is 6. The van der Waals surface area contributed by atoms with Crippen LogP contribution in [0.4, 0.5) is 10.5 Å². The summed E-state index contributed by atoms with van der Waals surface area (Å²) in [7, 11) is -0.00563. The van der Waals surface area contributed by atoms with Gasteiger partial charge in [0.1, 0.15) is 15.7 Å². The maximum absolute atomic E-state index is 14.0. The highest BCUT2D eigenvalue weighted by Crippen LogP contribution is 2.47. The van der Waals surface area contributed by atoms with E-state index in [4.69, 9.17) is 21.1 Å². The topological polar surface area (TPSA) is 101 Å². The fourth-order valence-electron chi connectivity index (χ4n) is 7.47. The molecule has 0 radical (unpaired) electrons. The van der Waals surface area contributed by atoms with Gasteiger partial charge in [-0.1, -0.05) is 29.8 Å². The number of carbonyl (C=O) groups is 2. The Bertz CT molecular complexity index is 1640. The smallest absolute Gasteiger partial charge is 0.329 e. The number of nitrogens with zero attached hydrogens (tertiary/aromatic N) is 3. The molecule has 2 heterocycles. The van der Waals surface area contributed by atoms with Gasteiger partial charge in [0.2, 0.25) is 0 Å². The van der Waals surface area contributed by atoms with Crippen molar-refractivity contribution in [1.82, 2.24) is 9.62 Å². The molecule has 248 valence electrons. The Hall–Kier alpha value is -3.08. The minimum absolute atomic E-state index is 0.0271. The molecule has 1 N–H and O–H groups in total. The number of urea groups is 1. The molecule has 2 aliphatic heterocycles. The molecule has 2 aromatic carbocycles. The average molecular weight is 669 g/mol. The number of aryl methyl sites for hydroxylation is 1. The molecule has 4 aliphatic rings. The Labute approximate surface area is 278 Å². The van der Waals surface area contributed by atoms with E-state index in [1.54, 1.807) is 20.2 Å². The van der Waals surface area contributed by atoms with E-state index in [1.165, 1.54) is 16.0 Å². The quantitative estimate of drug-likeness (QED) is 0.381. The van der Waals surface area contributed by atoms with E-state index in [9.17, 15) is 13.8 Å². The zero-order valence-electron chi connectivity index (χ0n) is 27.0. The molecule has 0 saturated heterocycles. The summed E-state index contributed by atoms with van der Waals surface area (Å²) in [4.78, 5) is 30.3. The van der Waals surface area contributed by atoms with Crippen molar-refractivity contribution in [2.45, 2.75) is 63.4 Å². The number of hydrogen-bond donors (Lipinski definition) is 1. The lowest BCUT2D eigenvalue weighted by Gasteiger charge is -2.46. The van der Waals surface area contributed by atoms with Gasteiger partial charge >= 0.3 is 6.03 Å². The van der Waals surface area contributed by atoms with Crippen LogP contribution in [0.3, 0.4) is 0 Å². The van der Waals surface area contributed by atoms with Gasteiger partial charge in [0.25, 0.3) is 5.91 Å². The van der Waals surface area contributed by atoms with E-state index in [1.807, 2.05) is 25.1 Å². The lowest BCUT2D eigenvalue weighted by Crippen LogP contribution is -2.49. The summed E-state index contributed by atoms with van der Waals surface area (Å²) < 4.78 is 33.4. The second-order valence-electron chi connectivity index (χ2n) is 13.2. The first-order valence-corrected chi connectivity index (χ1v) is 18.5. The van der Waals surface area contributed by atoms with E-state index >= 15 is 0 Å². The molecule has 2 aliphatic carbocycles. The highest BCUT2D eigenvalue weighted by atomic mass is 35.5. The molecule has 9 nitrogen and oxygen atoms in total. The molecule has 46 heavy (non-hydrogen) atoms.